The molecule has 2 rings (SSSR count). The molecule has 0 aliphatic carbocycles. The molecule has 2 heteroatoms. The van der Waals surface area contributed by atoms with Gasteiger partial charge in [0.2, 0.25) is 0 Å². The smallest absolute Gasteiger partial charge is 0.0665 e. The number of rotatable bonds is 58. The highest BCUT2D eigenvalue weighted by molar-refractivity contribution is 6.31. The fourth-order valence-corrected chi connectivity index (χ4v) is 11.2. The molecule has 0 N–H and O–H groups in total. The molecule has 0 fully saturated rings. The summed E-state index contributed by atoms with van der Waals surface area (Å²) >= 11 is 0. The van der Waals surface area contributed by atoms with Gasteiger partial charge in [0.1, 0.15) is 0 Å². The van der Waals surface area contributed by atoms with Gasteiger partial charge in [-0.2, -0.15) is 0 Å². The molecular weight excluding hydrogens is 917 g/mol. The molecule has 2 aromatic carbocycles. The molecule has 0 spiro atoms. The van der Waals surface area contributed by atoms with E-state index < -0.39 is 0 Å². The first-order valence-corrected chi connectivity index (χ1v) is 34.4. The Labute approximate surface area is 476 Å². The van der Waals surface area contributed by atoms with E-state index in [4.69, 9.17) is 9.98 Å². The number of hydrogen-bond acceptors (Lipinski definition) is 2. The lowest BCUT2D eigenvalue weighted by Gasteiger charge is -2.07. The molecule has 0 radical (unpaired) electrons. The van der Waals surface area contributed by atoms with Crippen molar-refractivity contribution in [1.29, 1.82) is 0 Å². The van der Waals surface area contributed by atoms with Crippen molar-refractivity contribution < 1.29 is 0 Å². The predicted molar refractivity (Wildman–Crippen MR) is 346 cm³/mol. The van der Waals surface area contributed by atoms with Crippen LogP contribution in [0.1, 0.15) is 359 Å². The molecule has 434 valence electrons. The number of aliphatic imine (C=N–C) groups is 2. The van der Waals surface area contributed by atoms with Gasteiger partial charge in [-0.1, -0.05) is 351 Å². The Bertz CT molecular complexity index is 1610. The quantitative estimate of drug-likeness (QED) is 0.0358. The van der Waals surface area contributed by atoms with E-state index in [0.717, 1.165) is 49.2 Å². The Morgan fingerprint density at radius 1 is 0.289 bits per heavy atom. The summed E-state index contributed by atoms with van der Waals surface area (Å²) in [6.45, 7) is 6.81. The van der Waals surface area contributed by atoms with E-state index in [1.165, 1.54) is 319 Å². The SMILES string of the molecule is CCCCCCCCCCCCCCCCCCCCCCCC/C=C/CCCc1ccccc1N=CC(CC)=Nc1ccccc1CCC/C=C/CCCCCCCCCCCCCCCCCCCCCCCC. The van der Waals surface area contributed by atoms with Gasteiger partial charge < -0.3 is 0 Å². The number of aryl methyl sites for hydroxylation is 2. The Kier molecular flexibility index (Phi) is 52.0. The van der Waals surface area contributed by atoms with Crippen LogP contribution in [-0.4, -0.2) is 11.9 Å². The number of allylic oxidation sites excluding steroid dienone is 4. The number of benzene rings is 2. The highest BCUT2D eigenvalue weighted by Crippen LogP contribution is 2.24. The minimum Gasteiger partial charge on any atom is -0.255 e. The van der Waals surface area contributed by atoms with Gasteiger partial charge in [-0.25, -0.2) is 0 Å². The number of unbranched alkanes of at least 4 members (excludes halogenated alkanes) is 46. The highest BCUT2D eigenvalue weighted by Gasteiger charge is 2.05. The second-order valence-corrected chi connectivity index (χ2v) is 23.6. The van der Waals surface area contributed by atoms with Gasteiger partial charge in [-0.05, 0) is 93.9 Å². The lowest BCUT2D eigenvalue weighted by atomic mass is 10.0. The second-order valence-electron chi connectivity index (χ2n) is 23.6. The summed E-state index contributed by atoms with van der Waals surface area (Å²) < 4.78 is 0. The molecular formula is C74H128N2. The zero-order chi connectivity index (χ0) is 54.0. The lowest BCUT2D eigenvalue weighted by Crippen LogP contribution is -1.98. The molecule has 0 aliphatic rings. The van der Waals surface area contributed by atoms with Crippen LogP contribution in [0.15, 0.2) is 82.8 Å². The summed E-state index contributed by atoms with van der Waals surface area (Å²) in [5.74, 6) is 0. The van der Waals surface area contributed by atoms with Crippen LogP contribution in [0.2, 0.25) is 0 Å². The van der Waals surface area contributed by atoms with Gasteiger partial charge >= 0.3 is 0 Å². The van der Waals surface area contributed by atoms with Crippen LogP contribution in [0.4, 0.5) is 11.4 Å². The van der Waals surface area contributed by atoms with Crippen molar-refractivity contribution in [2.24, 2.45) is 9.98 Å². The zero-order valence-corrected chi connectivity index (χ0v) is 51.4. The second kappa shape index (κ2) is 57.0. The van der Waals surface area contributed by atoms with E-state index in [-0.39, 0.29) is 0 Å². The van der Waals surface area contributed by atoms with Crippen molar-refractivity contribution in [2.45, 2.75) is 361 Å². The van der Waals surface area contributed by atoms with Crippen LogP contribution in [0, 0.1) is 0 Å². The third kappa shape index (κ3) is 45.2. The molecule has 2 nitrogen and oxygen atoms in total. The first kappa shape index (κ1) is 69.4. The molecule has 0 aliphatic heterocycles. The van der Waals surface area contributed by atoms with Gasteiger partial charge in [0.05, 0.1) is 17.1 Å². The largest absolute Gasteiger partial charge is 0.255 e. The Hall–Kier alpha value is -2.74. The maximum absolute atomic E-state index is 5.15. The van der Waals surface area contributed by atoms with Gasteiger partial charge in [0.15, 0.2) is 0 Å². The summed E-state index contributed by atoms with van der Waals surface area (Å²) in [6.07, 6.45) is 85.5. The van der Waals surface area contributed by atoms with Crippen LogP contribution in [-0.2, 0) is 12.8 Å². The van der Waals surface area contributed by atoms with Crippen LogP contribution in [0.3, 0.4) is 0 Å². The van der Waals surface area contributed by atoms with Gasteiger partial charge in [0, 0.05) is 6.21 Å². The van der Waals surface area contributed by atoms with Crippen molar-refractivity contribution in [2.75, 3.05) is 0 Å². The standard InChI is InChI=1S/C74H128N2/c1-4-7-9-11-13-15-17-19-21-23-25-27-29-31-33-35-37-39-41-43-45-47-49-51-53-55-57-63-70-65-59-61-67-73(70)75-69-72(6-3)76-74-68-62-60-66-71(74)64-58-56-54-52-50-48-46-44-42-40-38-36-34-32-30-28-26-24-22-20-18-16-14-12-10-8-5-2/h51-54,59-62,65-69H,4-50,55-58,63-64H2,1-3H3/b53-51+,54-52+,75-69?,76-72?. The third-order valence-electron chi connectivity index (χ3n) is 16.4. The van der Waals surface area contributed by atoms with Gasteiger partial charge in [-0.15, -0.1) is 0 Å². The topological polar surface area (TPSA) is 24.7 Å². The summed E-state index contributed by atoms with van der Waals surface area (Å²) in [4.78, 5) is 10.1. The van der Waals surface area contributed by atoms with E-state index in [9.17, 15) is 0 Å². The molecule has 0 aromatic heterocycles. The van der Waals surface area contributed by atoms with Crippen molar-refractivity contribution in [3.05, 3.63) is 84.0 Å². The van der Waals surface area contributed by atoms with E-state index in [0.29, 0.717) is 0 Å². The summed E-state index contributed by atoms with van der Waals surface area (Å²) in [5, 5.41) is 0. The van der Waals surface area contributed by atoms with E-state index in [1.54, 1.807) is 0 Å². The third-order valence-corrected chi connectivity index (χ3v) is 16.4. The molecule has 0 amide bonds. The molecule has 0 atom stereocenters. The minimum absolute atomic E-state index is 0.868. The molecule has 0 saturated carbocycles. The first-order valence-electron chi connectivity index (χ1n) is 34.4. The summed E-state index contributed by atoms with van der Waals surface area (Å²) in [5.41, 5.74) is 5.92. The lowest BCUT2D eigenvalue weighted by molar-refractivity contribution is 0.519. The molecule has 0 saturated heterocycles. The normalized spacial score (nSPS) is 12.2. The number of para-hydroxylation sites is 2. The van der Waals surface area contributed by atoms with Crippen LogP contribution < -0.4 is 0 Å². The molecule has 0 heterocycles. The predicted octanol–water partition coefficient (Wildman–Crippen LogP) is 26.3. The highest BCUT2D eigenvalue weighted by atomic mass is 14.8. The van der Waals surface area contributed by atoms with Crippen LogP contribution >= 0.6 is 0 Å². The monoisotopic (exact) mass is 1050 g/mol. The number of nitrogens with zero attached hydrogens (tertiary/aromatic N) is 2. The van der Waals surface area contributed by atoms with Crippen molar-refractivity contribution in [3.8, 4) is 0 Å². The van der Waals surface area contributed by atoms with Gasteiger partial charge in [-0.3, -0.25) is 9.98 Å². The fraction of sp³-hybridized carbons (Fsp3) is 0.757. The minimum atomic E-state index is 0.868. The van der Waals surface area contributed by atoms with Gasteiger partial charge in [0.25, 0.3) is 0 Å². The van der Waals surface area contributed by atoms with E-state index in [1.807, 2.05) is 6.21 Å². The molecule has 2 aromatic rings. The van der Waals surface area contributed by atoms with Crippen molar-refractivity contribution in [1.82, 2.24) is 0 Å². The molecule has 76 heavy (non-hydrogen) atoms. The van der Waals surface area contributed by atoms with Crippen molar-refractivity contribution in [3.63, 3.8) is 0 Å². The Morgan fingerprint density at radius 2 is 0.539 bits per heavy atom. The van der Waals surface area contributed by atoms with E-state index >= 15 is 0 Å². The van der Waals surface area contributed by atoms with Crippen molar-refractivity contribution >= 4 is 23.3 Å². The Morgan fingerprint density at radius 3 is 0.842 bits per heavy atom. The fourth-order valence-electron chi connectivity index (χ4n) is 11.2. The Balaban J connectivity index is 1.45. The van der Waals surface area contributed by atoms with Crippen LogP contribution in [0.5, 0.6) is 0 Å². The average molecular weight is 1050 g/mol. The van der Waals surface area contributed by atoms with Crippen LogP contribution in [0.25, 0.3) is 0 Å². The zero-order valence-electron chi connectivity index (χ0n) is 51.4. The maximum atomic E-state index is 5.15. The average Bonchev–Trinajstić information content (AvgIpc) is 3.44. The molecule has 0 unspecified atom stereocenters. The summed E-state index contributed by atoms with van der Waals surface area (Å²) in [6, 6.07) is 17.4. The first-order chi connectivity index (χ1) is 37.8. The van der Waals surface area contributed by atoms with E-state index in [2.05, 4.69) is 93.6 Å². The molecule has 0 bridgehead atoms. The summed E-state index contributed by atoms with van der Waals surface area (Å²) in [7, 11) is 0. The number of hydrogen-bond donors (Lipinski definition) is 0. The maximum Gasteiger partial charge on any atom is 0.0665 e.